The number of esters is 1. The molecule has 0 aliphatic carbocycles. The zero-order valence-corrected chi connectivity index (χ0v) is 16.0. The van der Waals surface area contributed by atoms with Gasteiger partial charge >= 0.3 is 5.97 Å². The molecule has 0 aliphatic heterocycles. The maximum atomic E-state index is 12.4. The van der Waals surface area contributed by atoms with E-state index in [0.717, 1.165) is 6.42 Å². The molecule has 0 aromatic heterocycles. The van der Waals surface area contributed by atoms with Crippen molar-refractivity contribution in [2.75, 3.05) is 13.7 Å². The van der Waals surface area contributed by atoms with Crippen LogP contribution in [0.1, 0.15) is 29.3 Å². The maximum absolute atomic E-state index is 12.4. The van der Waals surface area contributed by atoms with Crippen LogP contribution in [0.2, 0.25) is 5.02 Å². The second-order valence-electron chi connectivity index (χ2n) is 4.98. The summed E-state index contributed by atoms with van der Waals surface area (Å²) in [5.41, 5.74) is 0.652. The standard InChI is InChI=1S/C18H15BrClNO4/c1-3-6-24-17-13(19)8-12(9-16(17)23-2)18(22)25-15-5-4-11(10-21)7-14(15)20/h4-5,7-9H,3,6H2,1-2H3. The topological polar surface area (TPSA) is 68.5 Å². The molecule has 0 heterocycles. The molecule has 0 aliphatic rings. The predicted molar refractivity (Wildman–Crippen MR) is 97.6 cm³/mol. The van der Waals surface area contributed by atoms with Gasteiger partial charge in [0.2, 0.25) is 0 Å². The molecule has 0 unspecified atom stereocenters. The summed E-state index contributed by atoms with van der Waals surface area (Å²) in [6.07, 6.45) is 0.844. The summed E-state index contributed by atoms with van der Waals surface area (Å²) in [5, 5.41) is 9.02. The van der Waals surface area contributed by atoms with Gasteiger partial charge in [0.25, 0.3) is 0 Å². The summed E-state index contributed by atoms with van der Waals surface area (Å²) in [5.74, 6) is 0.512. The van der Waals surface area contributed by atoms with Crippen LogP contribution in [-0.2, 0) is 0 Å². The van der Waals surface area contributed by atoms with Crippen LogP contribution >= 0.6 is 27.5 Å². The molecule has 2 rings (SSSR count). The zero-order valence-electron chi connectivity index (χ0n) is 13.6. The van der Waals surface area contributed by atoms with Crippen molar-refractivity contribution in [3.8, 4) is 23.3 Å². The molecule has 0 saturated carbocycles. The summed E-state index contributed by atoms with van der Waals surface area (Å²) in [7, 11) is 1.49. The maximum Gasteiger partial charge on any atom is 0.343 e. The van der Waals surface area contributed by atoms with Gasteiger partial charge in [-0.2, -0.15) is 5.26 Å². The molecule has 0 radical (unpaired) electrons. The number of nitriles is 1. The lowest BCUT2D eigenvalue weighted by molar-refractivity contribution is 0.0734. The molecular formula is C18H15BrClNO4. The highest BCUT2D eigenvalue weighted by Gasteiger charge is 2.18. The fourth-order valence-corrected chi connectivity index (χ4v) is 2.77. The van der Waals surface area contributed by atoms with Crippen molar-refractivity contribution in [2.24, 2.45) is 0 Å². The molecule has 130 valence electrons. The molecular weight excluding hydrogens is 410 g/mol. The van der Waals surface area contributed by atoms with E-state index in [1.54, 1.807) is 6.07 Å². The van der Waals surface area contributed by atoms with Gasteiger partial charge in [0.1, 0.15) is 5.75 Å². The minimum absolute atomic E-state index is 0.173. The van der Waals surface area contributed by atoms with Gasteiger partial charge in [0.05, 0.1) is 40.4 Å². The van der Waals surface area contributed by atoms with Gasteiger partial charge < -0.3 is 14.2 Å². The Morgan fingerprint density at radius 2 is 2.04 bits per heavy atom. The van der Waals surface area contributed by atoms with Crippen LogP contribution in [0, 0.1) is 11.3 Å². The Bertz CT molecular complexity index is 833. The van der Waals surface area contributed by atoms with Crippen molar-refractivity contribution in [3.05, 3.63) is 51.0 Å². The minimum Gasteiger partial charge on any atom is -0.493 e. The largest absolute Gasteiger partial charge is 0.493 e. The van der Waals surface area contributed by atoms with Crippen LogP contribution < -0.4 is 14.2 Å². The fraction of sp³-hybridized carbons (Fsp3) is 0.222. The van der Waals surface area contributed by atoms with E-state index in [0.29, 0.717) is 28.1 Å². The zero-order chi connectivity index (χ0) is 18.4. The molecule has 0 bridgehead atoms. The molecule has 7 heteroatoms. The smallest absolute Gasteiger partial charge is 0.343 e. The molecule has 0 saturated heterocycles. The molecule has 2 aromatic carbocycles. The van der Waals surface area contributed by atoms with Crippen LogP contribution in [0.4, 0.5) is 0 Å². The van der Waals surface area contributed by atoms with E-state index in [4.69, 9.17) is 31.1 Å². The summed E-state index contributed by atoms with van der Waals surface area (Å²) in [6.45, 7) is 2.52. The Kier molecular flexibility index (Phi) is 6.68. The van der Waals surface area contributed by atoms with E-state index in [-0.39, 0.29) is 16.3 Å². The number of halogens is 2. The lowest BCUT2D eigenvalue weighted by Gasteiger charge is -2.14. The third-order valence-electron chi connectivity index (χ3n) is 3.18. The van der Waals surface area contributed by atoms with E-state index in [1.165, 1.54) is 31.4 Å². The highest BCUT2D eigenvalue weighted by molar-refractivity contribution is 9.10. The number of hydrogen-bond donors (Lipinski definition) is 0. The van der Waals surface area contributed by atoms with Crippen molar-refractivity contribution in [2.45, 2.75) is 13.3 Å². The van der Waals surface area contributed by atoms with Crippen LogP contribution in [-0.4, -0.2) is 19.7 Å². The number of carbonyl (C=O) groups is 1. The van der Waals surface area contributed by atoms with Crippen LogP contribution in [0.3, 0.4) is 0 Å². The second-order valence-corrected chi connectivity index (χ2v) is 6.25. The summed E-state index contributed by atoms with van der Waals surface area (Å²) in [6, 6.07) is 9.52. The molecule has 0 amide bonds. The molecule has 2 aromatic rings. The predicted octanol–water partition coefficient (Wildman–Crippen LogP) is 4.99. The first-order chi connectivity index (χ1) is 12.0. The number of hydrogen-bond acceptors (Lipinski definition) is 5. The first-order valence-corrected chi connectivity index (χ1v) is 8.59. The van der Waals surface area contributed by atoms with Gasteiger partial charge in [0.15, 0.2) is 11.5 Å². The highest BCUT2D eigenvalue weighted by atomic mass is 79.9. The van der Waals surface area contributed by atoms with Gasteiger partial charge in [0, 0.05) is 0 Å². The number of rotatable bonds is 6. The van der Waals surface area contributed by atoms with Gasteiger partial charge in [-0.25, -0.2) is 4.79 Å². The minimum atomic E-state index is -0.604. The van der Waals surface area contributed by atoms with Crippen molar-refractivity contribution >= 4 is 33.5 Å². The average Bonchev–Trinajstić information content (AvgIpc) is 2.61. The number of ether oxygens (including phenoxy) is 3. The van der Waals surface area contributed by atoms with Crippen molar-refractivity contribution < 1.29 is 19.0 Å². The van der Waals surface area contributed by atoms with Crippen LogP contribution in [0.15, 0.2) is 34.8 Å². The molecule has 0 atom stereocenters. The average molecular weight is 425 g/mol. The fourth-order valence-electron chi connectivity index (χ4n) is 1.99. The van der Waals surface area contributed by atoms with E-state index in [9.17, 15) is 4.79 Å². The number of carbonyl (C=O) groups excluding carboxylic acids is 1. The Morgan fingerprint density at radius 1 is 1.28 bits per heavy atom. The monoisotopic (exact) mass is 423 g/mol. The first-order valence-electron chi connectivity index (χ1n) is 7.42. The SMILES string of the molecule is CCCOc1c(Br)cc(C(=O)Oc2ccc(C#N)cc2Cl)cc1OC. The Morgan fingerprint density at radius 3 is 2.64 bits per heavy atom. The third-order valence-corrected chi connectivity index (χ3v) is 4.06. The lowest BCUT2D eigenvalue weighted by atomic mass is 10.2. The van der Waals surface area contributed by atoms with Crippen LogP contribution in [0.5, 0.6) is 17.2 Å². The quantitative estimate of drug-likeness (QED) is 0.482. The number of methoxy groups -OCH3 is 1. The summed E-state index contributed by atoms with van der Waals surface area (Å²) >= 11 is 9.41. The molecule has 25 heavy (non-hydrogen) atoms. The van der Waals surface area contributed by atoms with Crippen molar-refractivity contribution in [1.82, 2.24) is 0 Å². The number of nitrogens with zero attached hydrogens (tertiary/aromatic N) is 1. The van der Waals surface area contributed by atoms with E-state index >= 15 is 0 Å². The van der Waals surface area contributed by atoms with Crippen molar-refractivity contribution in [1.29, 1.82) is 5.26 Å². The van der Waals surface area contributed by atoms with Gasteiger partial charge in [-0.05, 0) is 52.7 Å². The molecule has 0 fully saturated rings. The molecule has 0 N–H and O–H groups in total. The van der Waals surface area contributed by atoms with E-state index < -0.39 is 5.97 Å². The van der Waals surface area contributed by atoms with Gasteiger partial charge in [-0.15, -0.1) is 0 Å². The molecule has 0 spiro atoms. The summed E-state index contributed by atoms with van der Waals surface area (Å²) < 4.78 is 16.8. The Labute approximate surface area is 159 Å². The van der Waals surface area contributed by atoms with Gasteiger partial charge in [-0.1, -0.05) is 18.5 Å². The summed E-state index contributed by atoms with van der Waals surface area (Å²) in [4.78, 5) is 12.4. The molecule has 5 nitrogen and oxygen atoms in total. The Balaban J connectivity index is 2.27. The van der Waals surface area contributed by atoms with Gasteiger partial charge in [-0.3, -0.25) is 0 Å². The van der Waals surface area contributed by atoms with E-state index in [1.807, 2.05) is 13.0 Å². The first kappa shape index (κ1) is 19.1. The highest BCUT2D eigenvalue weighted by Crippen LogP contribution is 2.37. The third kappa shape index (κ3) is 4.65. The number of benzene rings is 2. The lowest BCUT2D eigenvalue weighted by Crippen LogP contribution is -2.10. The second kappa shape index (κ2) is 8.75. The van der Waals surface area contributed by atoms with Crippen molar-refractivity contribution in [3.63, 3.8) is 0 Å². The van der Waals surface area contributed by atoms with E-state index in [2.05, 4.69) is 15.9 Å². The van der Waals surface area contributed by atoms with Crippen LogP contribution in [0.25, 0.3) is 0 Å². The Hall–Kier alpha value is -2.23. The normalized spacial score (nSPS) is 10.0.